The summed E-state index contributed by atoms with van der Waals surface area (Å²) >= 11 is 0. The van der Waals surface area contributed by atoms with E-state index in [1.165, 1.54) is 12.1 Å². The van der Waals surface area contributed by atoms with Crippen LogP contribution in [0, 0.1) is 0 Å². The van der Waals surface area contributed by atoms with Crippen molar-refractivity contribution in [3.63, 3.8) is 0 Å². The maximum Gasteiger partial charge on any atom is 0.416 e. The van der Waals surface area contributed by atoms with Gasteiger partial charge < -0.3 is 19.4 Å². The number of carbonyl (C=O) groups excluding carboxylic acids is 3. The van der Waals surface area contributed by atoms with Crippen LogP contribution in [0.4, 0.5) is 18.0 Å². The first kappa shape index (κ1) is 29.5. The zero-order valence-electron chi connectivity index (χ0n) is 24.4. The van der Waals surface area contributed by atoms with Crippen LogP contribution in [0.3, 0.4) is 0 Å². The summed E-state index contributed by atoms with van der Waals surface area (Å²) in [4.78, 5) is 43.4. The van der Waals surface area contributed by atoms with Gasteiger partial charge in [0.25, 0.3) is 5.91 Å². The van der Waals surface area contributed by atoms with Crippen LogP contribution in [-0.4, -0.2) is 81.2 Å². The lowest BCUT2D eigenvalue weighted by Crippen LogP contribution is -2.44. The molecule has 4 aliphatic rings. The fourth-order valence-corrected chi connectivity index (χ4v) is 6.92. The van der Waals surface area contributed by atoms with E-state index >= 15 is 0 Å². The molecule has 3 amide bonds. The van der Waals surface area contributed by atoms with Crippen LogP contribution in [0.15, 0.2) is 30.5 Å². The molecule has 0 N–H and O–H groups in total. The van der Waals surface area contributed by atoms with E-state index in [2.05, 4.69) is 5.10 Å². The van der Waals surface area contributed by atoms with Crippen LogP contribution in [0.2, 0.25) is 0 Å². The zero-order valence-corrected chi connectivity index (χ0v) is 24.4. The van der Waals surface area contributed by atoms with Crippen molar-refractivity contribution in [1.82, 2.24) is 24.5 Å². The smallest absolute Gasteiger partial charge is 0.416 e. The number of halogens is 3. The second-order valence-corrected chi connectivity index (χ2v) is 12.2. The van der Waals surface area contributed by atoms with Gasteiger partial charge in [0, 0.05) is 58.4 Å². The number of ether oxygens (including phenoxy) is 1. The summed E-state index contributed by atoms with van der Waals surface area (Å²) in [5.74, 6) is -0.0220. The third-order valence-corrected chi connectivity index (χ3v) is 9.39. The lowest BCUT2D eigenvalue weighted by molar-refractivity contribution is -0.138. The van der Waals surface area contributed by atoms with Crippen molar-refractivity contribution in [3.05, 3.63) is 52.8 Å². The molecule has 0 spiro atoms. The maximum absolute atomic E-state index is 13.9. The molecule has 9 nitrogen and oxygen atoms in total. The number of nitrogens with zero attached hydrogens (tertiary/aromatic N) is 5. The standard InChI is InChI=1S/C31H38F3N5O4/c1-20(40)36-17-12-23(13-18-36)43-30(42)37-15-10-22(11-16-37)39-28(21-8-9-21)25(19-35-39)29(41)38-14-4-7-27(38)24-5-2-3-6-26(24)31(32,33)34/h2-3,5-6,19,21-23,27H,4,7-18H2,1H3. The molecule has 1 aromatic carbocycles. The molecule has 1 unspecified atom stereocenters. The molecule has 12 heteroatoms. The van der Waals surface area contributed by atoms with Gasteiger partial charge in [0.15, 0.2) is 0 Å². The Kier molecular flexibility index (Phi) is 8.12. The third kappa shape index (κ3) is 6.10. The Balaban J connectivity index is 1.12. The molecule has 0 radical (unpaired) electrons. The monoisotopic (exact) mass is 601 g/mol. The summed E-state index contributed by atoms with van der Waals surface area (Å²) in [6, 6.07) is 4.93. The van der Waals surface area contributed by atoms with Gasteiger partial charge in [-0.2, -0.15) is 18.3 Å². The van der Waals surface area contributed by atoms with Gasteiger partial charge in [0.05, 0.1) is 35.1 Å². The van der Waals surface area contributed by atoms with Crippen molar-refractivity contribution in [1.29, 1.82) is 0 Å². The molecular formula is C31H38F3N5O4. The van der Waals surface area contributed by atoms with Crippen LogP contribution < -0.4 is 0 Å². The van der Waals surface area contributed by atoms with Gasteiger partial charge in [-0.05, 0) is 50.2 Å². The van der Waals surface area contributed by atoms with Crippen molar-refractivity contribution in [2.24, 2.45) is 0 Å². The minimum Gasteiger partial charge on any atom is -0.446 e. The van der Waals surface area contributed by atoms with E-state index in [4.69, 9.17) is 4.74 Å². The van der Waals surface area contributed by atoms with Crippen molar-refractivity contribution < 1.29 is 32.3 Å². The molecule has 0 bridgehead atoms. The first-order valence-electron chi connectivity index (χ1n) is 15.4. The largest absolute Gasteiger partial charge is 0.446 e. The molecule has 232 valence electrons. The highest BCUT2D eigenvalue weighted by Gasteiger charge is 2.42. The second kappa shape index (κ2) is 11.8. The van der Waals surface area contributed by atoms with Gasteiger partial charge in [0.2, 0.25) is 5.91 Å². The number of amides is 3. The number of hydrogen-bond donors (Lipinski definition) is 0. The van der Waals surface area contributed by atoms with Crippen molar-refractivity contribution in [2.75, 3.05) is 32.7 Å². The number of aromatic nitrogens is 2. The van der Waals surface area contributed by atoms with E-state index in [9.17, 15) is 27.6 Å². The van der Waals surface area contributed by atoms with E-state index in [0.29, 0.717) is 76.8 Å². The predicted octanol–water partition coefficient (Wildman–Crippen LogP) is 5.54. The number of hydrogen-bond acceptors (Lipinski definition) is 5. The van der Waals surface area contributed by atoms with Gasteiger partial charge in [-0.3, -0.25) is 14.3 Å². The van der Waals surface area contributed by atoms with E-state index in [-0.39, 0.29) is 41.5 Å². The number of rotatable bonds is 5. The number of likely N-dealkylation sites (tertiary alicyclic amines) is 3. The van der Waals surface area contributed by atoms with Crippen molar-refractivity contribution in [3.8, 4) is 0 Å². The van der Waals surface area contributed by atoms with Crippen molar-refractivity contribution in [2.45, 2.75) is 88.6 Å². The van der Waals surface area contributed by atoms with Crippen LogP contribution in [0.1, 0.15) is 103 Å². The van der Waals surface area contributed by atoms with Gasteiger partial charge in [0.1, 0.15) is 6.10 Å². The third-order valence-electron chi connectivity index (χ3n) is 9.39. The predicted molar refractivity (Wildman–Crippen MR) is 150 cm³/mol. The van der Waals surface area contributed by atoms with Gasteiger partial charge in [-0.15, -0.1) is 0 Å². The van der Waals surface area contributed by atoms with E-state index in [1.54, 1.807) is 33.9 Å². The van der Waals surface area contributed by atoms with Crippen LogP contribution in [-0.2, 0) is 15.7 Å². The molecule has 2 aromatic rings. The Bertz CT molecular complexity index is 1360. The average Bonchev–Trinajstić information content (AvgIpc) is 3.54. The normalized spacial score (nSPS) is 22.2. The highest BCUT2D eigenvalue weighted by Crippen LogP contribution is 2.45. The van der Waals surface area contributed by atoms with Gasteiger partial charge >= 0.3 is 12.3 Å². The Labute approximate surface area is 248 Å². The second-order valence-electron chi connectivity index (χ2n) is 12.2. The summed E-state index contributed by atoms with van der Waals surface area (Å²) in [5, 5.41) is 4.66. The van der Waals surface area contributed by atoms with E-state index in [1.807, 2.05) is 4.68 Å². The Hall–Kier alpha value is -3.57. The first-order chi connectivity index (χ1) is 20.6. The molecule has 4 fully saturated rings. The van der Waals surface area contributed by atoms with Gasteiger partial charge in [-0.25, -0.2) is 4.79 Å². The molecular weight excluding hydrogens is 563 g/mol. The SMILES string of the molecule is CC(=O)N1CCC(OC(=O)N2CCC(n3ncc(C(=O)N4CCCC4c4ccccc4C(F)(F)F)c3C3CC3)CC2)CC1. The van der Waals surface area contributed by atoms with Gasteiger partial charge in [-0.1, -0.05) is 18.2 Å². The number of alkyl halides is 3. The topological polar surface area (TPSA) is 88.0 Å². The highest BCUT2D eigenvalue weighted by atomic mass is 19.4. The Morgan fingerprint density at radius 3 is 2.21 bits per heavy atom. The molecule has 6 rings (SSSR count). The van der Waals surface area contributed by atoms with Crippen LogP contribution in [0.5, 0.6) is 0 Å². The summed E-state index contributed by atoms with van der Waals surface area (Å²) in [6.45, 7) is 4.14. The molecule has 3 aliphatic heterocycles. The maximum atomic E-state index is 13.9. The molecule has 1 atom stereocenters. The number of carbonyl (C=O) groups is 3. The fourth-order valence-electron chi connectivity index (χ4n) is 6.92. The molecule has 1 saturated carbocycles. The minimum absolute atomic E-state index is 0.0142. The van der Waals surface area contributed by atoms with E-state index in [0.717, 1.165) is 24.6 Å². The first-order valence-corrected chi connectivity index (χ1v) is 15.4. The molecule has 1 aromatic heterocycles. The number of benzene rings is 1. The quantitative estimate of drug-likeness (QED) is 0.449. The summed E-state index contributed by atoms with van der Waals surface area (Å²) < 4.78 is 49.1. The fraction of sp³-hybridized carbons (Fsp3) is 0.613. The highest BCUT2D eigenvalue weighted by molar-refractivity contribution is 5.96. The van der Waals surface area contributed by atoms with Crippen molar-refractivity contribution >= 4 is 17.9 Å². The lowest BCUT2D eigenvalue weighted by Gasteiger charge is -2.35. The minimum atomic E-state index is -4.49. The zero-order chi connectivity index (χ0) is 30.3. The van der Waals surface area contributed by atoms with E-state index < -0.39 is 17.8 Å². The Morgan fingerprint density at radius 2 is 1.56 bits per heavy atom. The molecule has 4 heterocycles. The lowest BCUT2D eigenvalue weighted by atomic mass is 9.97. The number of piperidine rings is 2. The Morgan fingerprint density at radius 1 is 0.884 bits per heavy atom. The molecule has 3 saturated heterocycles. The summed E-state index contributed by atoms with van der Waals surface area (Å²) in [5.41, 5.74) is 0.810. The summed E-state index contributed by atoms with van der Waals surface area (Å²) in [6.07, 6.45) is 2.18. The van der Waals surface area contributed by atoms with Crippen LogP contribution in [0.25, 0.3) is 0 Å². The average molecular weight is 602 g/mol. The molecule has 43 heavy (non-hydrogen) atoms. The summed E-state index contributed by atoms with van der Waals surface area (Å²) in [7, 11) is 0. The van der Waals surface area contributed by atoms with Crippen LogP contribution >= 0.6 is 0 Å². The molecule has 1 aliphatic carbocycles.